The fourth-order valence-electron chi connectivity index (χ4n) is 4.18. The van der Waals surface area contributed by atoms with Gasteiger partial charge in [-0.25, -0.2) is 0 Å². The number of nitrogens with one attached hydrogen (secondary N) is 1. The molecule has 0 aliphatic carbocycles. The van der Waals surface area contributed by atoms with Crippen molar-refractivity contribution >= 4 is 23.4 Å². The Kier molecular flexibility index (Phi) is 11.6. The molecule has 0 bridgehead atoms. The normalized spacial score (nSPS) is 11.6. The minimum Gasteiger partial charge on any atom is -0.493 e. The highest BCUT2D eigenvalue weighted by Crippen LogP contribution is 2.29. The molecular weight excluding hydrogens is 516 g/mol. The quantitative estimate of drug-likeness (QED) is 0.263. The van der Waals surface area contributed by atoms with Crippen molar-refractivity contribution in [3.8, 4) is 11.5 Å². The maximum absolute atomic E-state index is 13.9. The van der Waals surface area contributed by atoms with Gasteiger partial charge >= 0.3 is 0 Å². The Morgan fingerprint density at radius 1 is 0.897 bits per heavy atom. The Hall–Kier alpha value is -3.55. The molecule has 0 fully saturated rings. The summed E-state index contributed by atoms with van der Waals surface area (Å²) < 4.78 is 16.4. The topological polar surface area (TPSA) is 77.1 Å². The first-order chi connectivity index (χ1) is 18.8. The van der Waals surface area contributed by atoms with Gasteiger partial charge in [-0.2, -0.15) is 0 Å². The van der Waals surface area contributed by atoms with Crippen molar-refractivity contribution in [2.75, 3.05) is 27.4 Å². The second-order valence-corrected chi connectivity index (χ2v) is 9.83. The molecule has 0 radical (unpaired) electrons. The Bertz CT molecular complexity index is 1200. The smallest absolute Gasteiger partial charge is 0.247 e. The van der Waals surface area contributed by atoms with Crippen LogP contribution < -0.4 is 14.8 Å². The summed E-state index contributed by atoms with van der Waals surface area (Å²) in [5.74, 6) is 0.660. The Morgan fingerprint density at radius 3 is 2.21 bits per heavy atom. The third kappa shape index (κ3) is 9.01. The van der Waals surface area contributed by atoms with Crippen LogP contribution in [0.5, 0.6) is 11.5 Å². The van der Waals surface area contributed by atoms with E-state index in [4.69, 9.17) is 25.8 Å². The zero-order valence-electron chi connectivity index (χ0n) is 23.0. The van der Waals surface area contributed by atoms with E-state index in [1.807, 2.05) is 62.4 Å². The van der Waals surface area contributed by atoms with Gasteiger partial charge in [0.05, 0.1) is 26.7 Å². The molecule has 0 aromatic heterocycles. The van der Waals surface area contributed by atoms with E-state index < -0.39 is 6.04 Å². The summed E-state index contributed by atoms with van der Waals surface area (Å²) in [4.78, 5) is 29.2. The predicted molar refractivity (Wildman–Crippen MR) is 153 cm³/mol. The van der Waals surface area contributed by atoms with Crippen LogP contribution in [0.2, 0.25) is 5.02 Å². The van der Waals surface area contributed by atoms with E-state index in [9.17, 15) is 9.59 Å². The van der Waals surface area contributed by atoms with E-state index in [0.717, 1.165) is 16.7 Å². The molecule has 0 spiro atoms. The highest BCUT2D eigenvalue weighted by atomic mass is 35.5. The Morgan fingerprint density at radius 2 is 1.56 bits per heavy atom. The monoisotopic (exact) mass is 552 g/mol. The van der Waals surface area contributed by atoms with Crippen LogP contribution in [0.3, 0.4) is 0 Å². The molecule has 1 N–H and O–H groups in total. The van der Waals surface area contributed by atoms with Gasteiger partial charge in [0.15, 0.2) is 11.5 Å². The zero-order valence-corrected chi connectivity index (χ0v) is 23.7. The van der Waals surface area contributed by atoms with Crippen molar-refractivity contribution in [1.29, 1.82) is 0 Å². The number of methoxy groups -OCH3 is 2. The molecule has 208 valence electrons. The third-order valence-corrected chi connectivity index (χ3v) is 6.39. The van der Waals surface area contributed by atoms with Crippen LogP contribution in [0.4, 0.5) is 0 Å². The van der Waals surface area contributed by atoms with Crippen LogP contribution in [0.1, 0.15) is 43.0 Å². The summed E-state index contributed by atoms with van der Waals surface area (Å²) in [6, 6.07) is 21.2. The maximum atomic E-state index is 13.9. The molecule has 3 rings (SSSR count). The lowest BCUT2D eigenvalue weighted by molar-refractivity contribution is -0.141. The van der Waals surface area contributed by atoms with E-state index >= 15 is 0 Å². The van der Waals surface area contributed by atoms with Gasteiger partial charge in [-0.3, -0.25) is 9.59 Å². The van der Waals surface area contributed by atoms with Gasteiger partial charge in [0.2, 0.25) is 11.8 Å². The van der Waals surface area contributed by atoms with Crippen LogP contribution in [0.25, 0.3) is 0 Å². The second kappa shape index (κ2) is 15.1. The highest BCUT2D eigenvalue weighted by Gasteiger charge is 2.31. The van der Waals surface area contributed by atoms with Crippen molar-refractivity contribution in [3.05, 3.63) is 94.5 Å². The molecule has 0 unspecified atom stereocenters. The van der Waals surface area contributed by atoms with Crippen molar-refractivity contribution < 1.29 is 23.8 Å². The Labute approximate surface area is 236 Å². The standard InChI is InChI=1S/C31H37ClN2O5/c1-22(2)39-18-8-17-33-31(36)30(25-9-6-5-7-10-25)34(21-23-11-14-26(32)15-12-23)29(35)20-24-13-16-27(37-3)28(19-24)38-4/h5-7,9-16,19,22,30H,8,17-18,20-21H2,1-4H3,(H,33,36)/t30-/m0/s1. The number of rotatable bonds is 14. The molecular formula is C31H37ClN2O5. The summed E-state index contributed by atoms with van der Waals surface area (Å²) in [6.45, 7) is 5.16. The minimum atomic E-state index is -0.833. The zero-order chi connectivity index (χ0) is 28.2. The van der Waals surface area contributed by atoms with Crippen molar-refractivity contribution in [1.82, 2.24) is 10.2 Å². The number of carbonyl (C=O) groups is 2. The molecule has 8 heteroatoms. The lowest BCUT2D eigenvalue weighted by atomic mass is 10.0. The molecule has 39 heavy (non-hydrogen) atoms. The van der Waals surface area contributed by atoms with E-state index in [-0.39, 0.29) is 30.9 Å². The van der Waals surface area contributed by atoms with Crippen LogP contribution in [0.15, 0.2) is 72.8 Å². The molecule has 1 atom stereocenters. The van der Waals surface area contributed by atoms with E-state index in [2.05, 4.69) is 5.32 Å². The second-order valence-electron chi connectivity index (χ2n) is 9.39. The van der Waals surface area contributed by atoms with Crippen LogP contribution in [-0.2, 0) is 27.3 Å². The van der Waals surface area contributed by atoms with Crippen molar-refractivity contribution in [2.45, 2.75) is 45.4 Å². The van der Waals surface area contributed by atoms with Gasteiger partial charge in [0.25, 0.3) is 0 Å². The molecule has 0 aliphatic heterocycles. The summed E-state index contributed by atoms with van der Waals surface area (Å²) in [6.07, 6.45) is 0.872. The van der Waals surface area contributed by atoms with Gasteiger partial charge < -0.3 is 24.4 Å². The number of nitrogens with zero attached hydrogens (tertiary/aromatic N) is 1. The van der Waals surface area contributed by atoms with Gasteiger partial charge in [0.1, 0.15) is 6.04 Å². The van der Waals surface area contributed by atoms with E-state index in [1.165, 1.54) is 0 Å². The van der Waals surface area contributed by atoms with Gasteiger partial charge in [-0.15, -0.1) is 0 Å². The molecule has 3 aromatic carbocycles. The van der Waals surface area contributed by atoms with Crippen molar-refractivity contribution in [2.24, 2.45) is 0 Å². The SMILES string of the molecule is COc1ccc(CC(=O)N(Cc2ccc(Cl)cc2)[C@H](C(=O)NCCCOC(C)C)c2ccccc2)cc1OC. The van der Waals surface area contributed by atoms with E-state index in [1.54, 1.807) is 43.4 Å². The molecule has 0 aliphatic rings. The molecule has 0 saturated carbocycles. The minimum absolute atomic E-state index is 0.0762. The van der Waals surface area contributed by atoms with E-state index in [0.29, 0.717) is 36.1 Å². The molecule has 2 amide bonds. The first kappa shape index (κ1) is 30.0. The van der Waals surface area contributed by atoms with Gasteiger partial charge in [0, 0.05) is 24.7 Å². The van der Waals surface area contributed by atoms with Gasteiger partial charge in [-0.05, 0) is 61.2 Å². The van der Waals surface area contributed by atoms with Crippen LogP contribution in [0, 0.1) is 0 Å². The number of hydrogen-bond donors (Lipinski definition) is 1. The van der Waals surface area contributed by atoms with Crippen LogP contribution in [-0.4, -0.2) is 50.2 Å². The number of amides is 2. The Balaban J connectivity index is 1.92. The lowest BCUT2D eigenvalue weighted by Gasteiger charge is -2.32. The summed E-state index contributed by atoms with van der Waals surface area (Å²) >= 11 is 6.11. The third-order valence-electron chi connectivity index (χ3n) is 6.14. The number of hydrogen-bond acceptors (Lipinski definition) is 5. The fraction of sp³-hybridized carbons (Fsp3) is 0.355. The largest absolute Gasteiger partial charge is 0.493 e. The average Bonchev–Trinajstić information content (AvgIpc) is 2.93. The molecule has 0 saturated heterocycles. The fourth-order valence-corrected chi connectivity index (χ4v) is 4.31. The van der Waals surface area contributed by atoms with Crippen molar-refractivity contribution in [3.63, 3.8) is 0 Å². The number of ether oxygens (including phenoxy) is 3. The number of halogens is 1. The highest BCUT2D eigenvalue weighted by molar-refractivity contribution is 6.30. The maximum Gasteiger partial charge on any atom is 0.247 e. The predicted octanol–water partition coefficient (Wildman–Crippen LogP) is 5.60. The van der Waals surface area contributed by atoms with Gasteiger partial charge in [-0.1, -0.05) is 60.1 Å². The first-order valence-corrected chi connectivity index (χ1v) is 13.4. The summed E-state index contributed by atoms with van der Waals surface area (Å²) in [5.41, 5.74) is 2.33. The summed E-state index contributed by atoms with van der Waals surface area (Å²) in [7, 11) is 3.12. The van der Waals surface area contributed by atoms with Crippen LogP contribution >= 0.6 is 11.6 Å². The lowest BCUT2D eigenvalue weighted by Crippen LogP contribution is -2.44. The molecule has 7 nitrogen and oxygen atoms in total. The number of carbonyl (C=O) groups excluding carboxylic acids is 2. The average molecular weight is 553 g/mol. The first-order valence-electron chi connectivity index (χ1n) is 13.0. The summed E-state index contributed by atoms with van der Waals surface area (Å²) in [5, 5.41) is 3.61. The molecule has 0 heterocycles. The number of benzene rings is 3. The molecule has 3 aromatic rings.